The molecular formula is C14H19F2NO2. The van der Waals surface area contributed by atoms with Crippen LogP contribution in [0.25, 0.3) is 0 Å². The Labute approximate surface area is 111 Å². The highest BCUT2D eigenvalue weighted by molar-refractivity contribution is 5.36. The minimum Gasteiger partial charge on any atom is -0.434 e. The van der Waals surface area contributed by atoms with Crippen LogP contribution in [0.2, 0.25) is 0 Å². The van der Waals surface area contributed by atoms with Gasteiger partial charge in [-0.15, -0.1) is 0 Å². The van der Waals surface area contributed by atoms with Gasteiger partial charge in [0.05, 0.1) is 6.10 Å². The largest absolute Gasteiger partial charge is 0.434 e. The molecule has 1 atom stereocenters. The molecule has 1 saturated carbocycles. The van der Waals surface area contributed by atoms with Gasteiger partial charge in [-0.25, -0.2) is 0 Å². The van der Waals surface area contributed by atoms with Crippen LogP contribution < -0.4 is 10.5 Å². The molecule has 1 aromatic rings. The lowest BCUT2D eigenvalue weighted by molar-refractivity contribution is -0.0538. The topological polar surface area (TPSA) is 55.5 Å². The van der Waals surface area contributed by atoms with E-state index in [1.54, 1.807) is 18.2 Å². The maximum absolute atomic E-state index is 12.4. The molecule has 5 heteroatoms. The highest BCUT2D eigenvalue weighted by Crippen LogP contribution is 2.48. The van der Waals surface area contributed by atoms with Crippen LogP contribution in [0.1, 0.15) is 37.4 Å². The monoisotopic (exact) mass is 271 g/mol. The van der Waals surface area contributed by atoms with Crippen LogP contribution in [0, 0.1) is 5.41 Å². The second-order valence-electron chi connectivity index (χ2n) is 5.09. The Bertz CT molecular complexity index is 420. The zero-order valence-electron chi connectivity index (χ0n) is 10.7. The SMILES string of the molecule is NCC1(C(O)c2ccccc2OC(F)F)CCCC1. The number of hydrogen-bond donors (Lipinski definition) is 2. The number of alkyl halides is 2. The van der Waals surface area contributed by atoms with Gasteiger partial charge in [0.25, 0.3) is 0 Å². The Morgan fingerprint density at radius 3 is 2.47 bits per heavy atom. The van der Waals surface area contributed by atoms with Gasteiger partial charge in [0.1, 0.15) is 5.75 Å². The van der Waals surface area contributed by atoms with Crippen LogP contribution >= 0.6 is 0 Å². The van der Waals surface area contributed by atoms with E-state index in [2.05, 4.69) is 4.74 Å². The van der Waals surface area contributed by atoms with E-state index in [9.17, 15) is 13.9 Å². The zero-order chi connectivity index (χ0) is 13.9. The molecule has 106 valence electrons. The van der Waals surface area contributed by atoms with Crippen LogP contribution in [0.15, 0.2) is 24.3 Å². The van der Waals surface area contributed by atoms with Crippen LogP contribution in [0.3, 0.4) is 0 Å². The highest BCUT2D eigenvalue weighted by atomic mass is 19.3. The van der Waals surface area contributed by atoms with Crippen molar-refractivity contribution in [3.8, 4) is 5.75 Å². The van der Waals surface area contributed by atoms with E-state index in [1.165, 1.54) is 6.07 Å². The second kappa shape index (κ2) is 5.84. The van der Waals surface area contributed by atoms with Gasteiger partial charge in [0.15, 0.2) is 0 Å². The van der Waals surface area contributed by atoms with Crippen molar-refractivity contribution in [2.75, 3.05) is 6.54 Å². The van der Waals surface area contributed by atoms with Crippen molar-refractivity contribution in [2.24, 2.45) is 11.1 Å². The average Bonchev–Trinajstić information content (AvgIpc) is 2.88. The van der Waals surface area contributed by atoms with Crippen molar-refractivity contribution in [2.45, 2.75) is 38.4 Å². The van der Waals surface area contributed by atoms with Crippen molar-refractivity contribution in [1.82, 2.24) is 0 Å². The predicted molar refractivity (Wildman–Crippen MR) is 68.0 cm³/mol. The first-order valence-corrected chi connectivity index (χ1v) is 6.51. The molecule has 0 aromatic heterocycles. The summed E-state index contributed by atoms with van der Waals surface area (Å²) in [5.74, 6) is 0.0322. The number of ether oxygens (including phenoxy) is 1. The molecule has 1 aliphatic carbocycles. The summed E-state index contributed by atoms with van der Waals surface area (Å²) in [5.41, 5.74) is 5.79. The summed E-state index contributed by atoms with van der Waals surface area (Å²) in [4.78, 5) is 0. The molecule has 1 fully saturated rings. The normalized spacial score (nSPS) is 19.6. The molecule has 1 aliphatic rings. The molecule has 0 aliphatic heterocycles. The molecule has 1 aromatic carbocycles. The number of nitrogens with two attached hydrogens (primary N) is 1. The Morgan fingerprint density at radius 1 is 1.26 bits per heavy atom. The lowest BCUT2D eigenvalue weighted by Crippen LogP contribution is -2.34. The fourth-order valence-corrected chi connectivity index (χ4v) is 2.91. The lowest BCUT2D eigenvalue weighted by Gasteiger charge is -2.34. The minimum atomic E-state index is -2.90. The maximum Gasteiger partial charge on any atom is 0.387 e. The van der Waals surface area contributed by atoms with Gasteiger partial charge in [0.2, 0.25) is 0 Å². The number of halogens is 2. The van der Waals surface area contributed by atoms with Crippen LogP contribution in [-0.4, -0.2) is 18.3 Å². The predicted octanol–water partition coefficient (Wildman–Crippen LogP) is 2.84. The Balaban J connectivity index is 2.29. The first-order valence-electron chi connectivity index (χ1n) is 6.51. The smallest absolute Gasteiger partial charge is 0.387 e. The molecule has 0 spiro atoms. The van der Waals surface area contributed by atoms with E-state index in [1.807, 2.05) is 0 Å². The molecule has 3 N–H and O–H groups in total. The van der Waals surface area contributed by atoms with Crippen molar-refractivity contribution < 1.29 is 18.6 Å². The van der Waals surface area contributed by atoms with Gasteiger partial charge in [-0.3, -0.25) is 0 Å². The van der Waals surface area contributed by atoms with E-state index in [4.69, 9.17) is 5.73 Å². The van der Waals surface area contributed by atoms with Crippen LogP contribution in [0.4, 0.5) is 8.78 Å². The first kappa shape index (κ1) is 14.2. The summed E-state index contributed by atoms with van der Waals surface area (Å²) >= 11 is 0. The zero-order valence-corrected chi connectivity index (χ0v) is 10.7. The summed E-state index contributed by atoms with van der Waals surface area (Å²) in [5, 5.41) is 10.6. The van der Waals surface area contributed by atoms with Gasteiger partial charge in [-0.1, -0.05) is 31.0 Å². The molecule has 1 unspecified atom stereocenters. The van der Waals surface area contributed by atoms with Gasteiger partial charge in [-0.2, -0.15) is 8.78 Å². The summed E-state index contributed by atoms with van der Waals surface area (Å²) in [6.07, 6.45) is 2.77. The molecule has 0 radical (unpaired) electrons. The third-order valence-electron chi connectivity index (χ3n) is 4.02. The summed E-state index contributed by atoms with van der Waals surface area (Å²) in [7, 11) is 0. The van der Waals surface area contributed by atoms with Crippen molar-refractivity contribution in [3.05, 3.63) is 29.8 Å². The first-order chi connectivity index (χ1) is 9.09. The van der Waals surface area contributed by atoms with Crippen molar-refractivity contribution in [1.29, 1.82) is 0 Å². The molecule has 0 amide bonds. The van der Waals surface area contributed by atoms with Crippen molar-refractivity contribution >= 4 is 0 Å². The Morgan fingerprint density at radius 2 is 1.89 bits per heavy atom. The lowest BCUT2D eigenvalue weighted by atomic mass is 9.77. The standard InChI is InChI=1S/C14H19F2NO2/c15-13(16)19-11-6-2-1-5-10(11)12(18)14(9-17)7-3-4-8-14/h1-2,5-6,12-13,18H,3-4,7-9,17H2. The third-order valence-corrected chi connectivity index (χ3v) is 4.02. The molecule has 0 heterocycles. The fourth-order valence-electron chi connectivity index (χ4n) is 2.91. The van der Waals surface area contributed by atoms with E-state index < -0.39 is 18.1 Å². The van der Waals surface area contributed by atoms with Crippen LogP contribution in [-0.2, 0) is 0 Å². The number of rotatable bonds is 5. The van der Waals surface area contributed by atoms with E-state index in [0.717, 1.165) is 25.7 Å². The maximum atomic E-state index is 12.4. The fraction of sp³-hybridized carbons (Fsp3) is 0.571. The van der Waals surface area contributed by atoms with Gasteiger partial charge < -0.3 is 15.6 Å². The minimum absolute atomic E-state index is 0.0322. The Hall–Kier alpha value is -1.20. The van der Waals surface area contributed by atoms with E-state index >= 15 is 0 Å². The van der Waals surface area contributed by atoms with E-state index in [-0.39, 0.29) is 5.75 Å². The Kier molecular flexibility index (Phi) is 4.37. The summed E-state index contributed by atoms with van der Waals surface area (Å²) < 4.78 is 29.3. The number of para-hydroxylation sites is 1. The van der Waals surface area contributed by atoms with Gasteiger partial charge >= 0.3 is 6.61 Å². The van der Waals surface area contributed by atoms with Gasteiger partial charge in [0, 0.05) is 17.5 Å². The summed E-state index contributed by atoms with van der Waals surface area (Å²) in [6, 6.07) is 6.38. The molecule has 2 rings (SSSR count). The quantitative estimate of drug-likeness (QED) is 0.865. The summed E-state index contributed by atoms with van der Waals surface area (Å²) in [6.45, 7) is -2.55. The number of hydrogen-bond acceptors (Lipinski definition) is 3. The number of aliphatic hydroxyl groups excluding tert-OH is 1. The molecule has 0 saturated heterocycles. The average molecular weight is 271 g/mol. The van der Waals surface area contributed by atoms with Crippen LogP contribution in [0.5, 0.6) is 5.75 Å². The van der Waals surface area contributed by atoms with E-state index in [0.29, 0.717) is 12.1 Å². The molecule has 19 heavy (non-hydrogen) atoms. The van der Waals surface area contributed by atoms with Crippen molar-refractivity contribution in [3.63, 3.8) is 0 Å². The highest BCUT2D eigenvalue weighted by Gasteiger charge is 2.41. The molecule has 3 nitrogen and oxygen atoms in total. The molecule has 0 bridgehead atoms. The number of aliphatic hydroxyl groups is 1. The third kappa shape index (κ3) is 2.87. The molecular weight excluding hydrogens is 252 g/mol. The second-order valence-corrected chi connectivity index (χ2v) is 5.09. The van der Waals surface area contributed by atoms with Gasteiger partial charge in [-0.05, 0) is 18.9 Å². The number of benzene rings is 1.